The van der Waals surface area contributed by atoms with Crippen molar-refractivity contribution in [1.29, 1.82) is 0 Å². The molecule has 2 atom stereocenters. The van der Waals surface area contributed by atoms with E-state index < -0.39 is 4.92 Å². The van der Waals surface area contributed by atoms with E-state index in [4.69, 9.17) is 0 Å². The van der Waals surface area contributed by atoms with Crippen LogP contribution in [0.15, 0.2) is 22.7 Å². The highest BCUT2D eigenvalue weighted by atomic mass is 79.9. The number of anilines is 1. The third kappa shape index (κ3) is 3.55. The number of hydrogen-bond acceptors (Lipinski definition) is 4. The molecule has 1 amide bonds. The number of hydrogen-bond donors (Lipinski definition) is 2. The van der Waals surface area contributed by atoms with Crippen LogP contribution in [0.2, 0.25) is 0 Å². The van der Waals surface area contributed by atoms with Gasteiger partial charge < -0.3 is 10.6 Å². The Morgan fingerprint density at radius 2 is 2.30 bits per heavy atom. The standard InChI is InChI=1S/C13H16BrN3O3/c1-8-4-5-15-11(6-8)13(18)16-9-2-3-10(14)12(7-9)17(19)20/h2-3,7-8,11,15H,4-6H2,1H3,(H,16,18). The van der Waals surface area contributed by atoms with Crippen molar-refractivity contribution in [1.82, 2.24) is 5.32 Å². The highest BCUT2D eigenvalue weighted by Gasteiger charge is 2.25. The smallest absolute Gasteiger partial charge is 0.285 e. The lowest BCUT2D eigenvalue weighted by Crippen LogP contribution is -2.45. The SMILES string of the molecule is CC1CCNC(C(=O)Nc2ccc(Br)c([N+](=O)[O-])c2)C1. The summed E-state index contributed by atoms with van der Waals surface area (Å²) < 4.78 is 0.393. The molecule has 0 aromatic heterocycles. The first-order chi connectivity index (χ1) is 9.47. The lowest BCUT2D eigenvalue weighted by atomic mass is 9.94. The van der Waals surface area contributed by atoms with E-state index in [1.54, 1.807) is 12.1 Å². The Hall–Kier alpha value is -1.47. The van der Waals surface area contributed by atoms with Crippen molar-refractivity contribution in [2.45, 2.75) is 25.8 Å². The second kappa shape index (κ2) is 6.32. The Bertz CT molecular complexity index is 536. The van der Waals surface area contributed by atoms with E-state index in [0.29, 0.717) is 16.1 Å². The van der Waals surface area contributed by atoms with Gasteiger partial charge >= 0.3 is 0 Å². The molecular formula is C13H16BrN3O3. The number of benzene rings is 1. The number of halogens is 1. The summed E-state index contributed by atoms with van der Waals surface area (Å²) in [4.78, 5) is 22.5. The van der Waals surface area contributed by atoms with Crippen LogP contribution in [0, 0.1) is 16.0 Å². The first-order valence-electron chi connectivity index (χ1n) is 6.45. The van der Waals surface area contributed by atoms with Gasteiger partial charge in [0.05, 0.1) is 15.4 Å². The Morgan fingerprint density at radius 3 is 2.95 bits per heavy atom. The Morgan fingerprint density at radius 1 is 1.55 bits per heavy atom. The van der Waals surface area contributed by atoms with Crippen molar-refractivity contribution in [2.24, 2.45) is 5.92 Å². The molecule has 0 saturated carbocycles. The molecule has 1 saturated heterocycles. The van der Waals surface area contributed by atoms with Gasteiger partial charge in [0.25, 0.3) is 5.69 Å². The van der Waals surface area contributed by atoms with Gasteiger partial charge in [-0.3, -0.25) is 14.9 Å². The van der Waals surface area contributed by atoms with Crippen LogP contribution in [0.25, 0.3) is 0 Å². The van der Waals surface area contributed by atoms with E-state index in [2.05, 4.69) is 33.5 Å². The number of amides is 1. The van der Waals surface area contributed by atoms with Gasteiger partial charge in [0.2, 0.25) is 5.91 Å². The van der Waals surface area contributed by atoms with Crippen LogP contribution in [0.5, 0.6) is 0 Å². The van der Waals surface area contributed by atoms with E-state index in [1.807, 2.05) is 0 Å². The fourth-order valence-corrected chi connectivity index (χ4v) is 2.66. The maximum absolute atomic E-state index is 12.1. The van der Waals surface area contributed by atoms with Crippen LogP contribution < -0.4 is 10.6 Å². The fraction of sp³-hybridized carbons (Fsp3) is 0.462. The highest BCUT2D eigenvalue weighted by Crippen LogP contribution is 2.28. The summed E-state index contributed by atoms with van der Waals surface area (Å²) in [5, 5.41) is 16.7. The minimum Gasteiger partial charge on any atom is -0.324 e. The predicted octanol–water partition coefficient (Wildman–Crippen LogP) is 2.68. The van der Waals surface area contributed by atoms with Crippen molar-refractivity contribution in [3.63, 3.8) is 0 Å². The average Bonchev–Trinajstić information content (AvgIpc) is 2.40. The van der Waals surface area contributed by atoms with Crippen LogP contribution in [0.3, 0.4) is 0 Å². The number of nitro benzene ring substituents is 1. The Balaban J connectivity index is 2.07. The largest absolute Gasteiger partial charge is 0.324 e. The number of piperidine rings is 1. The maximum Gasteiger partial charge on any atom is 0.285 e. The third-order valence-corrected chi connectivity index (χ3v) is 4.06. The number of carbonyl (C=O) groups is 1. The monoisotopic (exact) mass is 341 g/mol. The second-order valence-corrected chi connectivity index (χ2v) is 5.90. The summed E-state index contributed by atoms with van der Waals surface area (Å²) in [5.74, 6) is 0.361. The molecule has 20 heavy (non-hydrogen) atoms. The van der Waals surface area contributed by atoms with Crippen LogP contribution in [0.1, 0.15) is 19.8 Å². The maximum atomic E-state index is 12.1. The minimum atomic E-state index is -0.485. The van der Waals surface area contributed by atoms with Crippen molar-refractivity contribution < 1.29 is 9.72 Å². The zero-order chi connectivity index (χ0) is 14.7. The summed E-state index contributed by atoms with van der Waals surface area (Å²) in [6.45, 7) is 2.94. The molecule has 1 aromatic rings. The number of nitrogens with zero attached hydrogens (tertiary/aromatic N) is 1. The minimum absolute atomic E-state index is 0.0622. The number of carbonyl (C=O) groups excluding carboxylic acids is 1. The quantitative estimate of drug-likeness (QED) is 0.653. The molecule has 0 spiro atoms. The average molecular weight is 342 g/mol. The summed E-state index contributed by atoms with van der Waals surface area (Å²) in [6.07, 6.45) is 1.85. The zero-order valence-electron chi connectivity index (χ0n) is 11.1. The number of nitro groups is 1. The van der Waals surface area contributed by atoms with E-state index in [-0.39, 0.29) is 17.6 Å². The number of rotatable bonds is 3. The molecule has 1 aliphatic rings. The van der Waals surface area contributed by atoms with E-state index in [1.165, 1.54) is 6.07 Å². The molecule has 2 N–H and O–H groups in total. The van der Waals surface area contributed by atoms with Gasteiger partial charge in [-0.15, -0.1) is 0 Å². The number of nitrogens with one attached hydrogen (secondary N) is 2. The molecule has 2 rings (SSSR count). The molecule has 1 aliphatic heterocycles. The molecule has 0 aliphatic carbocycles. The Kier molecular flexibility index (Phi) is 4.72. The predicted molar refractivity (Wildman–Crippen MR) is 79.6 cm³/mol. The normalized spacial score (nSPS) is 22.3. The van der Waals surface area contributed by atoms with Gasteiger partial charge in [-0.1, -0.05) is 6.92 Å². The Labute approximate surface area is 125 Å². The molecule has 7 heteroatoms. The van der Waals surface area contributed by atoms with Gasteiger partial charge in [0.1, 0.15) is 0 Å². The molecule has 1 fully saturated rings. The fourth-order valence-electron chi connectivity index (χ4n) is 2.27. The van der Waals surface area contributed by atoms with Gasteiger partial charge in [-0.2, -0.15) is 0 Å². The van der Waals surface area contributed by atoms with Crippen LogP contribution in [-0.4, -0.2) is 23.4 Å². The van der Waals surface area contributed by atoms with Crippen LogP contribution in [-0.2, 0) is 4.79 Å². The molecule has 108 valence electrons. The van der Waals surface area contributed by atoms with Gasteiger partial charge in [-0.05, 0) is 53.4 Å². The van der Waals surface area contributed by atoms with Crippen LogP contribution in [0.4, 0.5) is 11.4 Å². The van der Waals surface area contributed by atoms with E-state index >= 15 is 0 Å². The molecule has 1 heterocycles. The third-order valence-electron chi connectivity index (χ3n) is 3.39. The first kappa shape index (κ1) is 14.9. The summed E-state index contributed by atoms with van der Waals surface area (Å²) in [7, 11) is 0. The van der Waals surface area contributed by atoms with E-state index in [0.717, 1.165) is 19.4 Å². The lowest BCUT2D eigenvalue weighted by Gasteiger charge is -2.27. The molecule has 1 aromatic carbocycles. The van der Waals surface area contributed by atoms with Gasteiger partial charge in [0, 0.05) is 11.8 Å². The van der Waals surface area contributed by atoms with E-state index in [9.17, 15) is 14.9 Å². The van der Waals surface area contributed by atoms with Crippen molar-refractivity contribution in [3.05, 3.63) is 32.8 Å². The summed E-state index contributed by atoms with van der Waals surface area (Å²) in [6, 6.07) is 4.32. The topological polar surface area (TPSA) is 84.3 Å². The molecule has 0 radical (unpaired) electrons. The second-order valence-electron chi connectivity index (χ2n) is 5.05. The highest BCUT2D eigenvalue weighted by molar-refractivity contribution is 9.10. The molecular weight excluding hydrogens is 326 g/mol. The summed E-state index contributed by atoms with van der Waals surface area (Å²) >= 11 is 3.11. The van der Waals surface area contributed by atoms with Crippen molar-refractivity contribution >= 4 is 33.2 Å². The van der Waals surface area contributed by atoms with Crippen molar-refractivity contribution in [3.8, 4) is 0 Å². The zero-order valence-corrected chi connectivity index (χ0v) is 12.6. The molecule has 0 bridgehead atoms. The summed E-state index contributed by atoms with van der Waals surface area (Å²) in [5.41, 5.74) is 0.373. The van der Waals surface area contributed by atoms with Gasteiger partial charge in [-0.25, -0.2) is 0 Å². The van der Waals surface area contributed by atoms with Crippen LogP contribution >= 0.6 is 15.9 Å². The molecule has 2 unspecified atom stereocenters. The first-order valence-corrected chi connectivity index (χ1v) is 7.25. The molecule has 6 nitrogen and oxygen atoms in total. The van der Waals surface area contributed by atoms with Gasteiger partial charge in [0.15, 0.2) is 0 Å². The lowest BCUT2D eigenvalue weighted by molar-refractivity contribution is -0.385. The van der Waals surface area contributed by atoms with Crippen molar-refractivity contribution in [2.75, 3.05) is 11.9 Å².